The monoisotopic (exact) mass is 551 g/mol. The van der Waals surface area contributed by atoms with Gasteiger partial charge in [-0.2, -0.15) is 4.99 Å². The first-order valence-corrected chi connectivity index (χ1v) is 13.9. The Hall–Kier alpha value is -4.70. The SMILES string of the molecule is N=C(OC(N)=N[C@H]1N=C(c2ccccc2)c2ccccc2NC1=O)c1ccc(N2CCCC2)cc1N1CCOCC1. The number of nitrogens with two attached hydrogens (primary N) is 1. The van der Waals surface area contributed by atoms with E-state index >= 15 is 0 Å². The molecule has 0 spiro atoms. The zero-order chi connectivity index (χ0) is 28.2. The van der Waals surface area contributed by atoms with Gasteiger partial charge in [0.2, 0.25) is 12.1 Å². The van der Waals surface area contributed by atoms with Gasteiger partial charge in [-0.15, -0.1) is 0 Å². The van der Waals surface area contributed by atoms with E-state index in [-0.39, 0.29) is 11.9 Å². The van der Waals surface area contributed by atoms with E-state index in [0.29, 0.717) is 43.3 Å². The minimum atomic E-state index is -1.19. The third kappa shape index (κ3) is 5.78. The van der Waals surface area contributed by atoms with E-state index in [2.05, 4.69) is 26.2 Å². The minimum absolute atomic E-state index is 0.148. The first-order chi connectivity index (χ1) is 20.1. The zero-order valence-corrected chi connectivity index (χ0v) is 22.8. The van der Waals surface area contributed by atoms with E-state index in [4.69, 9.17) is 25.6 Å². The second-order valence-electron chi connectivity index (χ2n) is 10.1. The number of ether oxygens (including phenoxy) is 2. The summed E-state index contributed by atoms with van der Waals surface area (Å²) in [4.78, 5) is 26.7. The second-order valence-corrected chi connectivity index (χ2v) is 10.1. The molecule has 210 valence electrons. The van der Waals surface area contributed by atoms with Crippen molar-refractivity contribution in [2.75, 3.05) is 54.5 Å². The van der Waals surface area contributed by atoms with Crippen LogP contribution in [0.3, 0.4) is 0 Å². The Labute approximate surface area is 239 Å². The molecule has 2 fully saturated rings. The second kappa shape index (κ2) is 11.8. The van der Waals surface area contributed by atoms with Crippen molar-refractivity contribution < 1.29 is 14.3 Å². The predicted octanol–water partition coefficient (Wildman–Crippen LogP) is 3.60. The van der Waals surface area contributed by atoms with Crippen LogP contribution < -0.4 is 20.9 Å². The summed E-state index contributed by atoms with van der Waals surface area (Å²) in [6.45, 7) is 4.71. The lowest BCUT2D eigenvalue weighted by Crippen LogP contribution is -2.37. The molecule has 4 N–H and O–H groups in total. The number of aliphatic imine (C=N–C) groups is 2. The van der Waals surface area contributed by atoms with E-state index in [1.165, 1.54) is 12.8 Å². The van der Waals surface area contributed by atoms with Crippen LogP contribution in [-0.4, -0.2) is 69.1 Å². The van der Waals surface area contributed by atoms with Gasteiger partial charge in [0.15, 0.2) is 0 Å². The van der Waals surface area contributed by atoms with Gasteiger partial charge < -0.3 is 30.3 Å². The van der Waals surface area contributed by atoms with Gasteiger partial charge in [0.1, 0.15) is 0 Å². The summed E-state index contributed by atoms with van der Waals surface area (Å²) >= 11 is 0. The number of amides is 1. The number of carbonyl (C=O) groups is 1. The first kappa shape index (κ1) is 26.5. The molecule has 3 aromatic rings. The van der Waals surface area contributed by atoms with E-state index in [9.17, 15) is 4.79 Å². The molecule has 0 bridgehead atoms. The molecule has 10 nitrogen and oxygen atoms in total. The van der Waals surface area contributed by atoms with E-state index in [1.54, 1.807) is 0 Å². The van der Waals surface area contributed by atoms with Gasteiger partial charge >= 0.3 is 0 Å². The highest BCUT2D eigenvalue weighted by molar-refractivity contribution is 6.19. The van der Waals surface area contributed by atoms with Crippen LogP contribution in [0, 0.1) is 5.41 Å². The molecule has 3 aliphatic rings. The molecule has 2 saturated heterocycles. The molecular weight excluding hydrogens is 518 g/mol. The molecule has 3 heterocycles. The fraction of sp³-hybridized carbons (Fsp3) is 0.290. The Kier molecular flexibility index (Phi) is 7.64. The van der Waals surface area contributed by atoms with Crippen molar-refractivity contribution in [1.82, 2.24) is 0 Å². The number of fused-ring (bicyclic) bond motifs is 1. The molecular formula is C31H33N7O3. The number of amidine groups is 1. The maximum atomic E-state index is 13.2. The number of benzodiazepines with no additional fused rings is 1. The van der Waals surface area contributed by atoms with E-state index < -0.39 is 12.1 Å². The number of benzene rings is 3. The van der Waals surface area contributed by atoms with Gasteiger partial charge in [0, 0.05) is 43.0 Å². The fourth-order valence-corrected chi connectivity index (χ4v) is 5.42. The molecule has 6 rings (SSSR count). The lowest BCUT2D eigenvalue weighted by Gasteiger charge is -2.31. The summed E-state index contributed by atoms with van der Waals surface area (Å²) < 4.78 is 11.3. The highest BCUT2D eigenvalue weighted by Crippen LogP contribution is 2.30. The van der Waals surface area contributed by atoms with Gasteiger partial charge in [0.05, 0.1) is 35.9 Å². The van der Waals surface area contributed by atoms with Gasteiger partial charge in [0.25, 0.3) is 11.9 Å². The number of nitrogens with zero attached hydrogens (tertiary/aromatic N) is 4. The summed E-state index contributed by atoms with van der Waals surface area (Å²) in [5.74, 6) is -0.587. The lowest BCUT2D eigenvalue weighted by molar-refractivity contribution is -0.117. The average molecular weight is 552 g/mol. The molecule has 0 unspecified atom stereocenters. The van der Waals surface area contributed by atoms with Crippen molar-refractivity contribution in [1.29, 1.82) is 5.41 Å². The molecule has 1 amide bonds. The maximum absolute atomic E-state index is 13.2. The molecule has 3 aliphatic heterocycles. The van der Waals surface area contributed by atoms with Crippen LogP contribution in [0.4, 0.5) is 17.1 Å². The highest BCUT2D eigenvalue weighted by Gasteiger charge is 2.27. The molecule has 0 aromatic heterocycles. The summed E-state index contributed by atoms with van der Waals surface area (Å²) in [5, 5.41) is 11.7. The largest absolute Gasteiger partial charge is 0.407 e. The molecule has 1 atom stereocenters. The number of para-hydroxylation sites is 1. The Morgan fingerprint density at radius 2 is 1.71 bits per heavy atom. The van der Waals surface area contributed by atoms with Crippen LogP contribution >= 0.6 is 0 Å². The summed E-state index contributed by atoms with van der Waals surface area (Å²) in [6.07, 6.45) is 1.16. The van der Waals surface area contributed by atoms with Crippen LogP contribution in [0.2, 0.25) is 0 Å². The van der Waals surface area contributed by atoms with Gasteiger partial charge in [-0.1, -0.05) is 48.5 Å². The standard InChI is InChI=1S/C31H33N7O3/c32-28(24-13-12-22(37-14-6-7-15-37)20-26(24)38-16-18-40-19-17-38)41-31(33)36-29-30(39)34-25-11-5-4-10-23(25)27(35-29)21-8-2-1-3-9-21/h1-5,8-13,20,29,32H,6-7,14-19H2,(H2,33,36)(H,34,39)/t29-/m1/s1. The normalized spacial score (nSPS) is 19.2. The Morgan fingerprint density at radius 3 is 2.49 bits per heavy atom. The Bertz CT molecular complexity index is 1490. The minimum Gasteiger partial charge on any atom is -0.407 e. The zero-order valence-electron chi connectivity index (χ0n) is 22.8. The number of nitrogens with one attached hydrogen (secondary N) is 2. The quantitative estimate of drug-likeness (QED) is 0.328. The number of hydrogen-bond donors (Lipinski definition) is 3. The smallest absolute Gasteiger partial charge is 0.291 e. The molecule has 41 heavy (non-hydrogen) atoms. The average Bonchev–Trinajstić information content (AvgIpc) is 3.51. The van der Waals surface area contributed by atoms with E-state index in [1.807, 2.05) is 66.7 Å². The topological polar surface area (TPSA) is 129 Å². The number of anilines is 3. The summed E-state index contributed by atoms with van der Waals surface area (Å²) in [6, 6.07) is 22.8. The molecule has 3 aromatic carbocycles. The van der Waals surface area contributed by atoms with Gasteiger partial charge in [-0.3, -0.25) is 10.2 Å². The third-order valence-corrected chi connectivity index (χ3v) is 7.48. The van der Waals surface area contributed by atoms with Crippen molar-refractivity contribution >= 4 is 40.6 Å². The predicted molar refractivity (Wildman–Crippen MR) is 161 cm³/mol. The van der Waals surface area contributed by atoms with Crippen LogP contribution in [-0.2, 0) is 14.3 Å². The number of carbonyl (C=O) groups excluding carboxylic acids is 1. The third-order valence-electron chi connectivity index (χ3n) is 7.48. The van der Waals surface area contributed by atoms with Crippen molar-refractivity contribution in [2.24, 2.45) is 15.7 Å². The van der Waals surface area contributed by atoms with Crippen LogP contribution in [0.15, 0.2) is 82.8 Å². The highest BCUT2D eigenvalue weighted by atomic mass is 16.5. The van der Waals surface area contributed by atoms with Crippen molar-refractivity contribution in [3.63, 3.8) is 0 Å². The molecule has 0 aliphatic carbocycles. The van der Waals surface area contributed by atoms with Crippen LogP contribution in [0.25, 0.3) is 0 Å². The van der Waals surface area contributed by atoms with Crippen LogP contribution in [0.1, 0.15) is 29.5 Å². The summed E-state index contributed by atoms with van der Waals surface area (Å²) in [7, 11) is 0. The van der Waals surface area contributed by atoms with Crippen LogP contribution in [0.5, 0.6) is 0 Å². The van der Waals surface area contributed by atoms with Crippen molar-refractivity contribution in [2.45, 2.75) is 19.0 Å². The molecule has 0 radical (unpaired) electrons. The van der Waals surface area contributed by atoms with Crippen molar-refractivity contribution in [3.05, 3.63) is 89.5 Å². The summed E-state index contributed by atoms with van der Waals surface area (Å²) in [5.41, 5.74) is 11.7. The van der Waals surface area contributed by atoms with Gasteiger partial charge in [-0.05, 0) is 37.1 Å². The number of hydrogen-bond acceptors (Lipinski definition) is 8. The van der Waals surface area contributed by atoms with Gasteiger partial charge in [-0.25, -0.2) is 4.99 Å². The number of rotatable bonds is 5. The molecule has 0 saturated carbocycles. The van der Waals surface area contributed by atoms with E-state index in [0.717, 1.165) is 35.6 Å². The first-order valence-electron chi connectivity index (χ1n) is 13.9. The molecule has 10 heteroatoms. The fourth-order valence-electron chi connectivity index (χ4n) is 5.42. The maximum Gasteiger partial charge on any atom is 0.291 e. The Morgan fingerprint density at radius 1 is 0.976 bits per heavy atom. The Balaban J connectivity index is 1.29. The van der Waals surface area contributed by atoms with Crippen molar-refractivity contribution in [3.8, 4) is 0 Å². The number of morpholine rings is 1. The lowest BCUT2D eigenvalue weighted by atomic mass is 10.0.